The van der Waals surface area contributed by atoms with Crippen LogP contribution in [-0.4, -0.2) is 41.3 Å². The largest absolute Gasteiger partial charge is 0.394 e. The zero-order chi connectivity index (χ0) is 13.2. The van der Waals surface area contributed by atoms with E-state index in [-0.39, 0.29) is 6.61 Å². The van der Waals surface area contributed by atoms with Gasteiger partial charge in [-0.3, -0.25) is 4.68 Å². The highest BCUT2D eigenvalue weighted by Gasteiger charge is 2.03. The van der Waals surface area contributed by atoms with Gasteiger partial charge in [-0.05, 0) is 32.4 Å². The van der Waals surface area contributed by atoms with Crippen LogP contribution in [0.1, 0.15) is 38.4 Å². The van der Waals surface area contributed by atoms with Gasteiger partial charge in [0.2, 0.25) is 0 Å². The van der Waals surface area contributed by atoms with E-state index in [1.807, 2.05) is 10.9 Å². The summed E-state index contributed by atoms with van der Waals surface area (Å²) in [6.07, 6.45) is 4.08. The van der Waals surface area contributed by atoms with Gasteiger partial charge in [0.1, 0.15) is 0 Å². The highest BCUT2D eigenvalue weighted by molar-refractivity contribution is 4.99. The van der Waals surface area contributed by atoms with Crippen molar-refractivity contribution >= 4 is 0 Å². The van der Waals surface area contributed by atoms with Crippen molar-refractivity contribution in [2.75, 3.05) is 26.4 Å². The molecule has 1 aromatic rings. The van der Waals surface area contributed by atoms with Gasteiger partial charge in [0.15, 0.2) is 0 Å². The Balaban J connectivity index is 2.10. The number of rotatable bonds is 10. The maximum absolute atomic E-state index is 8.53. The van der Waals surface area contributed by atoms with Crippen LogP contribution in [0, 0.1) is 0 Å². The standard InChI is InChI=1S/C13H25N3O2/c1-3-12(2)16-7-5-13(15-16)11-14-6-4-9-18-10-8-17/h5,7,12,14,17H,3-4,6,8-11H2,1-2H3. The lowest BCUT2D eigenvalue weighted by molar-refractivity contribution is 0.0907. The molecule has 18 heavy (non-hydrogen) atoms. The Kier molecular flexibility index (Phi) is 7.64. The van der Waals surface area contributed by atoms with Crippen molar-refractivity contribution in [3.8, 4) is 0 Å². The van der Waals surface area contributed by atoms with Gasteiger partial charge < -0.3 is 15.2 Å². The lowest BCUT2D eigenvalue weighted by atomic mass is 10.3. The molecule has 0 aliphatic heterocycles. The van der Waals surface area contributed by atoms with E-state index in [9.17, 15) is 0 Å². The monoisotopic (exact) mass is 255 g/mol. The van der Waals surface area contributed by atoms with Gasteiger partial charge in [-0.2, -0.15) is 5.10 Å². The molecule has 5 nitrogen and oxygen atoms in total. The first-order valence-electron chi connectivity index (χ1n) is 6.71. The predicted octanol–water partition coefficient (Wildman–Crippen LogP) is 1.34. The average Bonchev–Trinajstić information content (AvgIpc) is 2.85. The number of aromatic nitrogens is 2. The van der Waals surface area contributed by atoms with Crippen molar-refractivity contribution in [2.24, 2.45) is 0 Å². The van der Waals surface area contributed by atoms with Gasteiger partial charge in [0, 0.05) is 25.4 Å². The molecule has 5 heteroatoms. The number of aliphatic hydroxyl groups is 1. The third-order valence-electron chi connectivity index (χ3n) is 2.89. The van der Waals surface area contributed by atoms with Crippen LogP contribution in [0.4, 0.5) is 0 Å². The van der Waals surface area contributed by atoms with Gasteiger partial charge in [0.05, 0.1) is 18.9 Å². The average molecular weight is 255 g/mol. The first-order chi connectivity index (χ1) is 8.77. The van der Waals surface area contributed by atoms with Crippen LogP contribution in [0.3, 0.4) is 0 Å². The molecule has 1 aromatic heterocycles. The highest BCUT2D eigenvalue weighted by atomic mass is 16.5. The molecule has 0 aliphatic carbocycles. The summed E-state index contributed by atoms with van der Waals surface area (Å²) in [6, 6.07) is 2.52. The number of hydrogen-bond acceptors (Lipinski definition) is 4. The zero-order valence-electron chi connectivity index (χ0n) is 11.4. The quantitative estimate of drug-likeness (QED) is 0.619. The Labute approximate surface area is 109 Å². The van der Waals surface area contributed by atoms with Gasteiger partial charge in [0.25, 0.3) is 0 Å². The second-order valence-electron chi connectivity index (χ2n) is 4.41. The minimum absolute atomic E-state index is 0.0977. The van der Waals surface area contributed by atoms with Crippen LogP contribution in [0.2, 0.25) is 0 Å². The Morgan fingerprint density at radius 1 is 1.50 bits per heavy atom. The van der Waals surface area contributed by atoms with Crippen molar-refractivity contribution in [3.63, 3.8) is 0 Å². The lowest BCUT2D eigenvalue weighted by Gasteiger charge is -2.08. The topological polar surface area (TPSA) is 59.3 Å². The molecule has 2 N–H and O–H groups in total. The van der Waals surface area contributed by atoms with Crippen molar-refractivity contribution in [1.82, 2.24) is 15.1 Å². The maximum atomic E-state index is 8.53. The number of aliphatic hydroxyl groups excluding tert-OH is 1. The van der Waals surface area contributed by atoms with E-state index in [1.54, 1.807) is 0 Å². The summed E-state index contributed by atoms with van der Waals surface area (Å²) in [7, 11) is 0. The molecule has 0 saturated heterocycles. The van der Waals surface area contributed by atoms with Crippen LogP contribution in [-0.2, 0) is 11.3 Å². The summed E-state index contributed by atoms with van der Waals surface area (Å²) in [6.45, 7) is 7.25. The molecular weight excluding hydrogens is 230 g/mol. The third kappa shape index (κ3) is 5.62. The molecule has 0 radical (unpaired) electrons. The van der Waals surface area contributed by atoms with Gasteiger partial charge in [-0.1, -0.05) is 6.92 Å². The van der Waals surface area contributed by atoms with E-state index in [1.165, 1.54) is 0 Å². The number of nitrogens with zero attached hydrogens (tertiary/aromatic N) is 2. The molecule has 0 aromatic carbocycles. The summed E-state index contributed by atoms with van der Waals surface area (Å²) in [5, 5.41) is 16.4. The highest BCUT2D eigenvalue weighted by Crippen LogP contribution is 2.08. The molecule has 1 heterocycles. The van der Waals surface area contributed by atoms with E-state index in [0.717, 1.165) is 31.6 Å². The van der Waals surface area contributed by atoms with Crippen molar-refractivity contribution < 1.29 is 9.84 Å². The van der Waals surface area contributed by atoms with Gasteiger partial charge in [-0.25, -0.2) is 0 Å². The number of nitrogens with one attached hydrogen (secondary N) is 1. The summed E-state index contributed by atoms with van der Waals surface area (Å²) >= 11 is 0. The lowest BCUT2D eigenvalue weighted by Crippen LogP contribution is -2.17. The SMILES string of the molecule is CCC(C)n1ccc(CNCCCOCCO)n1. The van der Waals surface area contributed by atoms with E-state index < -0.39 is 0 Å². The minimum atomic E-state index is 0.0977. The molecule has 0 amide bonds. The fourth-order valence-electron chi connectivity index (χ4n) is 1.59. The molecule has 1 rings (SSSR count). The Morgan fingerprint density at radius 3 is 3.06 bits per heavy atom. The third-order valence-corrected chi connectivity index (χ3v) is 2.89. The van der Waals surface area contributed by atoms with Crippen LogP contribution < -0.4 is 5.32 Å². The van der Waals surface area contributed by atoms with E-state index in [2.05, 4.69) is 30.3 Å². The second kappa shape index (κ2) is 9.08. The minimum Gasteiger partial charge on any atom is -0.394 e. The van der Waals surface area contributed by atoms with Gasteiger partial charge >= 0.3 is 0 Å². The summed E-state index contributed by atoms with van der Waals surface area (Å²) in [4.78, 5) is 0. The molecule has 0 fully saturated rings. The first kappa shape index (κ1) is 15.1. The molecule has 0 spiro atoms. The summed E-state index contributed by atoms with van der Waals surface area (Å²) in [5.74, 6) is 0. The van der Waals surface area contributed by atoms with E-state index in [0.29, 0.717) is 19.3 Å². The molecule has 0 saturated carbocycles. The summed E-state index contributed by atoms with van der Waals surface area (Å²) in [5.41, 5.74) is 1.08. The Hall–Kier alpha value is -0.910. The van der Waals surface area contributed by atoms with Crippen molar-refractivity contribution in [1.29, 1.82) is 0 Å². The fourth-order valence-corrected chi connectivity index (χ4v) is 1.59. The van der Waals surface area contributed by atoms with E-state index in [4.69, 9.17) is 9.84 Å². The number of ether oxygens (including phenoxy) is 1. The van der Waals surface area contributed by atoms with Gasteiger partial charge in [-0.15, -0.1) is 0 Å². The molecule has 1 atom stereocenters. The van der Waals surface area contributed by atoms with Crippen LogP contribution >= 0.6 is 0 Å². The second-order valence-corrected chi connectivity index (χ2v) is 4.41. The molecular formula is C13H25N3O2. The predicted molar refractivity (Wildman–Crippen MR) is 71.5 cm³/mol. The Morgan fingerprint density at radius 2 is 2.33 bits per heavy atom. The first-order valence-corrected chi connectivity index (χ1v) is 6.71. The molecule has 104 valence electrons. The fraction of sp³-hybridized carbons (Fsp3) is 0.769. The number of hydrogen-bond donors (Lipinski definition) is 2. The van der Waals surface area contributed by atoms with Crippen LogP contribution in [0.25, 0.3) is 0 Å². The smallest absolute Gasteiger partial charge is 0.0762 e. The normalized spacial score (nSPS) is 12.8. The Bertz CT molecular complexity index is 315. The van der Waals surface area contributed by atoms with Crippen LogP contribution in [0.15, 0.2) is 12.3 Å². The molecule has 0 aliphatic rings. The van der Waals surface area contributed by atoms with E-state index >= 15 is 0 Å². The molecule has 0 bridgehead atoms. The molecule has 1 unspecified atom stereocenters. The van der Waals surface area contributed by atoms with Crippen molar-refractivity contribution in [2.45, 2.75) is 39.3 Å². The van der Waals surface area contributed by atoms with Crippen molar-refractivity contribution in [3.05, 3.63) is 18.0 Å². The zero-order valence-corrected chi connectivity index (χ0v) is 11.4. The summed E-state index contributed by atoms with van der Waals surface area (Å²) < 4.78 is 7.19. The maximum Gasteiger partial charge on any atom is 0.0762 e. The van der Waals surface area contributed by atoms with Crippen LogP contribution in [0.5, 0.6) is 0 Å².